The first-order valence-corrected chi connectivity index (χ1v) is 12.2. The van der Waals surface area contributed by atoms with Gasteiger partial charge in [-0.2, -0.15) is 5.10 Å². The molecule has 2 amide bonds. The second kappa shape index (κ2) is 11.6. The molecule has 4 rings (SSSR count). The topological polar surface area (TPSA) is 80.2 Å². The van der Waals surface area contributed by atoms with Crippen LogP contribution in [0.3, 0.4) is 0 Å². The number of benzene rings is 3. The van der Waals surface area contributed by atoms with Gasteiger partial charge in [0.1, 0.15) is 5.37 Å². The number of hydrogen-bond acceptors (Lipinski definition) is 6. The number of methoxy groups -OCH3 is 2. The minimum Gasteiger partial charge on any atom is -0.493 e. The molecule has 7 nitrogen and oxygen atoms in total. The Morgan fingerprint density at radius 1 is 1.06 bits per heavy atom. The highest BCUT2D eigenvalue weighted by Crippen LogP contribution is 2.38. The second-order valence-corrected chi connectivity index (χ2v) is 8.99. The molecule has 1 aliphatic rings. The predicted octanol–water partition coefficient (Wildman–Crippen LogP) is 4.28. The van der Waals surface area contributed by atoms with Crippen LogP contribution in [0.15, 0.2) is 77.9 Å². The van der Waals surface area contributed by atoms with E-state index >= 15 is 0 Å². The average Bonchev–Trinajstić information content (AvgIpc) is 3.28. The number of carbonyl (C=O) groups is 2. The van der Waals surface area contributed by atoms with Gasteiger partial charge in [-0.15, -0.1) is 11.8 Å². The normalized spacial score (nSPS) is 15.4. The standard InChI is InChI=1S/C27H27N3O4S/c1-33-23-13-8-20(16-24(23)34-2)17-28-29-26(32)21-9-11-22(12-10-21)27-30(25(31)18-35-27)15-14-19-6-4-3-5-7-19/h3-13,16-17,27H,14-15,18H2,1-2H3,(H,29,32)/b28-17-/t27-/m0/s1. The maximum atomic E-state index is 12.5. The molecule has 0 bridgehead atoms. The zero-order valence-electron chi connectivity index (χ0n) is 19.6. The summed E-state index contributed by atoms with van der Waals surface area (Å²) in [4.78, 5) is 26.9. The van der Waals surface area contributed by atoms with Gasteiger partial charge < -0.3 is 14.4 Å². The zero-order valence-corrected chi connectivity index (χ0v) is 20.5. The number of hydrogen-bond donors (Lipinski definition) is 1. The summed E-state index contributed by atoms with van der Waals surface area (Å²) in [6, 6.07) is 22.8. The lowest BCUT2D eigenvalue weighted by Crippen LogP contribution is -2.30. The molecule has 0 saturated carbocycles. The Balaban J connectivity index is 1.36. The van der Waals surface area contributed by atoms with Crippen LogP contribution in [0.5, 0.6) is 11.5 Å². The summed E-state index contributed by atoms with van der Waals surface area (Å²) in [6.45, 7) is 0.660. The summed E-state index contributed by atoms with van der Waals surface area (Å²) >= 11 is 1.61. The minimum atomic E-state index is -0.315. The lowest BCUT2D eigenvalue weighted by molar-refractivity contribution is -0.128. The molecule has 35 heavy (non-hydrogen) atoms. The molecule has 0 unspecified atom stereocenters. The van der Waals surface area contributed by atoms with Gasteiger partial charge in [0.25, 0.3) is 5.91 Å². The molecule has 1 fully saturated rings. The average molecular weight is 490 g/mol. The van der Waals surface area contributed by atoms with Gasteiger partial charge >= 0.3 is 0 Å². The fraction of sp³-hybridized carbons (Fsp3) is 0.222. The molecule has 1 heterocycles. The molecular formula is C27H27N3O4S. The van der Waals surface area contributed by atoms with E-state index in [-0.39, 0.29) is 17.2 Å². The van der Waals surface area contributed by atoms with Crippen LogP contribution in [0.25, 0.3) is 0 Å². The van der Waals surface area contributed by atoms with Crippen LogP contribution in [0.1, 0.15) is 32.4 Å². The number of carbonyl (C=O) groups excluding carboxylic acids is 2. The van der Waals surface area contributed by atoms with Crippen LogP contribution in [-0.2, 0) is 11.2 Å². The molecule has 0 aromatic heterocycles. The van der Waals surface area contributed by atoms with Crippen molar-refractivity contribution in [2.24, 2.45) is 5.10 Å². The molecule has 0 aliphatic carbocycles. The Kier molecular flexibility index (Phi) is 8.05. The SMILES string of the molecule is COc1ccc(/C=N\NC(=O)c2ccc([C@@H]3SCC(=O)N3CCc3ccccc3)cc2)cc1OC. The quantitative estimate of drug-likeness (QED) is 0.358. The summed E-state index contributed by atoms with van der Waals surface area (Å²) in [5.74, 6) is 1.49. The number of nitrogens with one attached hydrogen (secondary N) is 1. The molecule has 3 aromatic carbocycles. The Morgan fingerprint density at radius 3 is 2.51 bits per heavy atom. The third-order valence-corrected chi connectivity index (χ3v) is 6.95. The number of nitrogens with zero attached hydrogens (tertiary/aromatic N) is 2. The van der Waals surface area contributed by atoms with Gasteiger partial charge in [0.15, 0.2) is 11.5 Å². The van der Waals surface area contributed by atoms with E-state index in [4.69, 9.17) is 9.47 Å². The first-order chi connectivity index (χ1) is 17.1. The lowest BCUT2D eigenvalue weighted by Gasteiger charge is -2.24. The molecule has 0 spiro atoms. The second-order valence-electron chi connectivity index (χ2n) is 7.92. The van der Waals surface area contributed by atoms with Gasteiger partial charge in [-0.3, -0.25) is 9.59 Å². The maximum Gasteiger partial charge on any atom is 0.271 e. The van der Waals surface area contributed by atoms with Crippen LogP contribution in [-0.4, -0.2) is 49.4 Å². The molecule has 180 valence electrons. The van der Waals surface area contributed by atoms with Gasteiger partial charge in [0.05, 0.1) is 26.2 Å². The van der Waals surface area contributed by atoms with Crippen molar-refractivity contribution in [3.05, 3.63) is 95.1 Å². The number of amides is 2. The highest BCUT2D eigenvalue weighted by atomic mass is 32.2. The largest absolute Gasteiger partial charge is 0.493 e. The van der Waals surface area contributed by atoms with Crippen molar-refractivity contribution < 1.29 is 19.1 Å². The smallest absolute Gasteiger partial charge is 0.271 e. The first-order valence-electron chi connectivity index (χ1n) is 11.2. The van der Waals surface area contributed by atoms with Crippen LogP contribution in [0.4, 0.5) is 0 Å². The van der Waals surface area contributed by atoms with Gasteiger partial charge in [-0.25, -0.2) is 5.43 Å². The van der Waals surface area contributed by atoms with E-state index in [0.29, 0.717) is 29.4 Å². The third kappa shape index (κ3) is 6.02. The van der Waals surface area contributed by atoms with Crippen molar-refractivity contribution >= 4 is 29.8 Å². The molecular weight excluding hydrogens is 462 g/mol. The van der Waals surface area contributed by atoms with E-state index in [9.17, 15) is 9.59 Å². The molecule has 8 heteroatoms. The summed E-state index contributed by atoms with van der Waals surface area (Å²) in [6.07, 6.45) is 2.35. The van der Waals surface area contributed by atoms with E-state index in [2.05, 4.69) is 22.7 Å². The van der Waals surface area contributed by atoms with E-state index in [1.165, 1.54) is 5.56 Å². The summed E-state index contributed by atoms with van der Waals surface area (Å²) in [5.41, 5.74) is 6.00. The summed E-state index contributed by atoms with van der Waals surface area (Å²) < 4.78 is 10.5. The molecule has 3 aromatic rings. The van der Waals surface area contributed by atoms with E-state index in [1.807, 2.05) is 41.3 Å². The van der Waals surface area contributed by atoms with Crippen molar-refractivity contribution in [3.8, 4) is 11.5 Å². The molecule has 1 saturated heterocycles. The van der Waals surface area contributed by atoms with Gasteiger partial charge in [0.2, 0.25) is 5.91 Å². The third-order valence-electron chi connectivity index (χ3n) is 5.70. The van der Waals surface area contributed by atoms with Crippen molar-refractivity contribution in [1.82, 2.24) is 10.3 Å². The fourth-order valence-electron chi connectivity index (χ4n) is 3.83. The summed E-state index contributed by atoms with van der Waals surface area (Å²) in [7, 11) is 3.13. The predicted molar refractivity (Wildman–Crippen MR) is 138 cm³/mol. The summed E-state index contributed by atoms with van der Waals surface area (Å²) in [5, 5.41) is 4.00. The van der Waals surface area contributed by atoms with Crippen LogP contribution < -0.4 is 14.9 Å². The monoisotopic (exact) mass is 489 g/mol. The lowest BCUT2D eigenvalue weighted by atomic mass is 10.1. The van der Waals surface area contributed by atoms with Gasteiger partial charge in [-0.05, 0) is 53.4 Å². The highest BCUT2D eigenvalue weighted by Gasteiger charge is 2.32. The van der Waals surface area contributed by atoms with E-state index in [1.54, 1.807) is 56.5 Å². The Hall–Kier alpha value is -3.78. The van der Waals surface area contributed by atoms with Gasteiger partial charge in [-0.1, -0.05) is 42.5 Å². The Morgan fingerprint density at radius 2 is 1.80 bits per heavy atom. The Labute approximate surface area is 209 Å². The molecule has 1 atom stereocenters. The van der Waals surface area contributed by atoms with Crippen LogP contribution in [0, 0.1) is 0 Å². The van der Waals surface area contributed by atoms with E-state index < -0.39 is 0 Å². The molecule has 0 radical (unpaired) electrons. The van der Waals surface area contributed by atoms with Crippen LogP contribution >= 0.6 is 11.8 Å². The maximum absolute atomic E-state index is 12.5. The van der Waals surface area contributed by atoms with Gasteiger partial charge in [0, 0.05) is 12.1 Å². The van der Waals surface area contributed by atoms with Crippen molar-refractivity contribution in [3.63, 3.8) is 0 Å². The number of hydrazone groups is 1. The number of ether oxygens (including phenoxy) is 2. The first kappa shape index (κ1) is 24.3. The minimum absolute atomic E-state index is 0.0496. The number of thioether (sulfide) groups is 1. The number of rotatable bonds is 9. The fourth-order valence-corrected chi connectivity index (χ4v) is 5.05. The van der Waals surface area contributed by atoms with E-state index in [0.717, 1.165) is 17.5 Å². The van der Waals surface area contributed by atoms with Crippen molar-refractivity contribution in [2.45, 2.75) is 11.8 Å². The Bertz CT molecular complexity index is 1200. The van der Waals surface area contributed by atoms with Crippen LogP contribution in [0.2, 0.25) is 0 Å². The zero-order chi connectivity index (χ0) is 24.6. The molecule has 1 N–H and O–H groups in total. The van der Waals surface area contributed by atoms with Crippen molar-refractivity contribution in [1.29, 1.82) is 0 Å². The highest BCUT2D eigenvalue weighted by molar-refractivity contribution is 8.00. The molecule has 1 aliphatic heterocycles. The van der Waals surface area contributed by atoms with Crippen molar-refractivity contribution in [2.75, 3.05) is 26.5 Å².